The van der Waals surface area contributed by atoms with Crippen molar-refractivity contribution in [3.8, 4) is 0 Å². The minimum atomic E-state index is 0.0186. The fraction of sp³-hybridized carbons (Fsp3) is 0.862. The minimum absolute atomic E-state index is 0.0186. The Morgan fingerprint density at radius 1 is 1.03 bits per heavy atom. The van der Waals surface area contributed by atoms with Gasteiger partial charge >= 0.3 is 5.97 Å². The summed E-state index contributed by atoms with van der Waals surface area (Å²) in [6.45, 7) is 9.85. The van der Waals surface area contributed by atoms with E-state index in [1.165, 1.54) is 51.4 Å². The molecule has 5 aliphatic rings. The standard InChI is InChI=1S/C29H45NO3/c1-20(31)24-9-10-25-23-8-7-21-19-22(33-27(32)13-18-30-16-5-4-6-17-30)11-14-28(21,2)26(23)12-15-29(24,25)3/h9,21-23,25-26H,4-8,10-19H2,1-3H3/t21-,22?,23?,25?,26?,28-,29+/m0/s1. The molecule has 4 unspecified atom stereocenters. The van der Waals surface area contributed by atoms with Gasteiger partial charge in [-0.2, -0.15) is 0 Å². The number of fused-ring (bicyclic) bond motifs is 5. The number of ketones is 1. The number of piperidine rings is 1. The van der Waals surface area contributed by atoms with Crippen molar-refractivity contribution in [3.63, 3.8) is 0 Å². The van der Waals surface area contributed by atoms with Gasteiger partial charge in [-0.05, 0) is 124 Å². The van der Waals surface area contributed by atoms with E-state index in [0.29, 0.717) is 29.5 Å². The van der Waals surface area contributed by atoms with Crippen LogP contribution in [0.3, 0.4) is 0 Å². The van der Waals surface area contributed by atoms with E-state index in [4.69, 9.17) is 4.74 Å². The highest BCUT2D eigenvalue weighted by atomic mass is 16.5. The molecule has 0 aromatic carbocycles. The van der Waals surface area contributed by atoms with Gasteiger partial charge in [-0.15, -0.1) is 0 Å². The molecule has 0 bridgehead atoms. The molecule has 7 atom stereocenters. The molecule has 0 N–H and O–H groups in total. The van der Waals surface area contributed by atoms with Crippen molar-refractivity contribution >= 4 is 11.8 Å². The smallest absolute Gasteiger partial charge is 0.307 e. The first-order valence-corrected chi connectivity index (χ1v) is 13.9. The fourth-order valence-corrected chi connectivity index (χ4v) is 9.12. The van der Waals surface area contributed by atoms with Gasteiger partial charge < -0.3 is 9.64 Å². The summed E-state index contributed by atoms with van der Waals surface area (Å²) >= 11 is 0. The molecule has 0 aromatic rings. The van der Waals surface area contributed by atoms with Crippen molar-refractivity contribution in [1.29, 1.82) is 0 Å². The minimum Gasteiger partial charge on any atom is -0.462 e. The third-order valence-electron chi connectivity index (χ3n) is 11.0. The number of likely N-dealkylation sites (tertiary alicyclic amines) is 1. The van der Waals surface area contributed by atoms with Crippen molar-refractivity contribution in [1.82, 2.24) is 4.90 Å². The van der Waals surface area contributed by atoms with E-state index in [2.05, 4.69) is 24.8 Å². The summed E-state index contributed by atoms with van der Waals surface area (Å²) < 4.78 is 6.03. The number of carbonyl (C=O) groups is 2. The van der Waals surface area contributed by atoms with Gasteiger partial charge in [0.2, 0.25) is 0 Å². The second kappa shape index (κ2) is 9.13. The van der Waals surface area contributed by atoms with Gasteiger partial charge in [0, 0.05) is 6.54 Å². The quantitative estimate of drug-likeness (QED) is 0.481. The molecule has 3 saturated carbocycles. The molecular weight excluding hydrogens is 410 g/mol. The molecule has 4 aliphatic carbocycles. The molecule has 1 heterocycles. The lowest BCUT2D eigenvalue weighted by molar-refractivity contribution is -0.161. The normalized spacial score (nSPS) is 43.1. The van der Waals surface area contributed by atoms with Crippen molar-refractivity contribution in [3.05, 3.63) is 11.6 Å². The summed E-state index contributed by atoms with van der Waals surface area (Å²) in [6, 6.07) is 0. The van der Waals surface area contributed by atoms with E-state index in [0.717, 1.165) is 56.3 Å². The summed E-state index contributed by atoms with van der Waals surface area (Å²) in [6.07, 6.45) is 16.2. The second-order valence-corrected chi connectivity index (χ2v) is 12.6. The van der Waals surface area contributed by atoms with Crippen LogP contribution in [0.4, 0.5) is 0 Å². The van der Waals surface area contributed by atoms with E-state index in [-0.39, 0.29) is 17.5 Å². The van der Waals surface area contributed by atoms with Crippen LogP contribution < -0.4 is 0 Å². The molecular formula is C29H45NO3. The number of ether oxygens (including phenoxy) is 1. The van der Waals surface area contributed by atoms with Crippen molar-refractivity contribution < 1.29 is 14.3 Å². The predicted octanol–water partition coefficient (Wildman–Crippen LogP) is 5.94. The monoisotopic (exact) mass is 455 g/mol. The molecule has 184 valence electrons. The van der Waals surface area contributed by atoms with Gasteiger partial charge in [0.25, 0.3) is 0 Å². The molecule has 0 amide bonds. The Hall–Kier alpha value is -1.16. The van der Waals surface area contributed by atoms with Crippen molar-refractivity contribution in [2.24, 2.45) is 34.5 Å². The van der Waals surface area contributed by atoms with Gasteiger partial charge in [0.15, 0.2) is 5.78 Å². The van der Waals surface area contributed by atoms with Gasteiger partial charge in [-0.1, -0.05) is 26.3 Å². The van der Waals surface area contributed by atoms with Crippen molar-refractivity contribution in [2.75, 3.05) is 19.6 Å². The fourth-order valence-electron chi connectivity index (χ4n) is 9.12. The Bertz CT molecular complexity index is 799. The maximum absolute atomic E-state index is 12.6. The van der Waals surface area contributed by atoms with Crippen LogP contribution in [0, 0.1) is 34.5 Å². The number of esters is 1. The van der Waals surface area contributed by atoms with E-state index in [1.807, 2.05) is 0 Å². The van der Waals surface area contributed by atoms with Gasteiger partial charge in [-0.3, -0.25) is 9.59 Å². The Kier molecular flexibility index (Phi) is 6.52. The summed E-state index contributed by atoms with van der Waals surface area (Å²) in [5, 5.41) is 0. The third kappa shape index (κ3) is 4.23. The Balaban J connectivity index is 1.18. The zero-order valence-electron chi connectivity index (χ0n) is 21.2. The van der Waals surface area contributed by atoms with Crippen molar-refractivity contribution in [2.45, 2.75) is 104 Å². The molecule has 0 aromatic heterocycles. The molecule has 0 spiro atoms. The van der Waals surface area contributed by atoms with Crippen LogP contribution in [0.1, 0.15) is 97.8 Å². The van der Waals surface area contributed by atoms with Crippen LogP contribution in [-0.2, 0) is 14.3 Å². The Labute approximate surface area is 200 Å². The lowest BCUT2D eigenvalue weighted by Gasteiger charge is -2.60. The largest absolute Gasteiger partial charge is 0.462 e. The third-order valence-corrected chi connectivity index (χ3v) is 11.0. The number of allylic oxidation sites excluding steroid dienone is 2. The highest BCUT2D eigenvalue weighted by molar-refractivity contribution is 5.95. The molecule has 1 aliphatic heterocycles. The summed E-state index contributed by atoms with van der Waals surface area (Å²) in [5.74, 6) is 3.16. The zero-order chi connectivity index (χ0) is 23.2. The maximum atomic E-state index is 12.6. The molecule has 4 fully saturated rings. The molecule has 0 radical (unpaired) electrons. The molecule has 33 heavy (non-hydrogen) atoms. The molecule has 4 nitrogen and oxygen atoms in total. The molecule has 4 heteroatoms. The number of rotatable bonds is 5. The summed E-state index contributed by atoms with van der Waals surface area (Å²) in [5.41, 5.74) is 1.61. The average Bonchev–Trinajstić information content (AvgIpc) is 3.16. The predicted molar refractivity (Wildman–Crippen MR) is 131 cm³/mol. The number of nitrogens with zero attached hydrogens (tertiary/aromatic N) is 1. The maximum Gasteiger partial charge on any atom is 0.307 e. The number of hydrogen-bond acceptors (Lipinski definition) is 4. The van der Waals surface area contributed by atoms with Crippen LogP contribution >= 0.6 is 0 Å². The number of hydrogen-bond donors (Lipinski definition) is 0. The molecule has 1 saturated heterocycles. The van der Waals surface area contributed by atoms with Gasteiger partial charge in [0.1, 0.15) is 6.10 Å². The first kappa shape index (κ1) is 23.6. The summed E-state index contributed by atoms with van der Waals surface area (Å²) in [4.78, 5) is 27.3. The average molecular weight is 456 g/mol. The zero-order valence-corrected chi connectivity index (χ0v) is 21.2. The lowest BCUT2D eigenvalue weighted by Crippen LogP contribution is -2.54. The highest BCUT2D eigenvalue weighted by Crippen LogP contribution is 2.66. The molecule has 5 rings (SSSR count). The Morgan fingerprint density at radius 3 is 2.58 bits per heavy atom. The lowest BCUT2D eigenvalue weighted by atomic mass is 9.44. The van der Waals surface area contributed by atoms with E-state index < -0.39 is 0 Å². The van der Waals surface area contributed by atoms with Crippen LogP contribution in [0.15, 0.2) is 11.6 Å². The highest BCUT2D eigenvalue weighted by Gasteiger charge is 2.59. The number of carbonyl (C=O) groups excluding carboxylic acids is 2. The topological polar surface area (TPSA) is 46.6 Å². The van der Waals surface area contributed by atoms with E-state index in [9.17, 15) is 9.59 Å². The Morgan fingerprint density at radius 2 is 1.82 bits per heavy atom. The van der Waals surface area contributed by atoms with Crippen LogP contribution in [0.2, 0.25) is 0 Å². The first-order chi connectivity index (χ1) is 15.8. The first-order valence-electron chi connectivity index (χ1n) is 13.9. The van der Waals surface area contributed by atoms with Crippen LogP contribution in [0.5, 0.6) is 0 Å². The van der Waals surface area contributed by atoms with Gasteiger partial charge in [0.05, 0.1) is 6.42 Å². The van der Waals surface area contributed by atoms with Crippen LogP contribution in [-0.4, -0.2) is 42.4 Å². The van der Waals surface area contributed by atoms with Crippen LogP contribution in [0.25, 0.3) is 0 Å². The van der Waals surface area contributed by atoms with Gasteiger partial charge in [-0.25, -0.2) is 0 Å². The second-order valence-electron chi connectivity index (χ2n) is 12.6. The van der Waals surface area contributed by atoms with E-state index in [1.54, 1.807) is 6.92 Å². The van der Waals surface area contributed by atoms with E-state index >= 15 is 0 Å². The SMILES string of the molecule is CC(=O)C1=CCC2C3CC[C@H]4CC(OC(=O)CCN5CCCCC5)CC[C@]4(C)C3CC[C@]12C. The number of Topliss-reactive ketones (excluding diaryl/α,β-unsaturated/α-hetero) is 1. The summed E-state index contributed by atoms with van der Waals surface area (Å²) in [7, 11) is 0.